The molecule has 0 aliphatic rings. The number of hydrogen-bond donors (Lipinski definition) is 0. The Kier molecular flexibility index (Phi) is 4.29. The molecule has 0 aliphatic heterocycles. The van der Waals surface area contributed by atoms with E-state index in [2.05, 4.69) is 0 Å². The SMILES string of the molecule is CCOC(=O)c1ccc(SC)cc1Cl. The molecule has 0 atom stereocenters. The van der Waals surface area contributed by atoms with Crippen molar-refractivity contribution in [2.24, 2.45) is 0 Å². The van der Waals surface area contributed by atoms with Crippen LogP contribution in [0.2, 0.25) is 5.02 Å². The van der Waals surface area contributed by atoms with Gasteiger partial charge in [0.2, 0.25) is 0 Å². The molecule has 1 aromatic rings. The van der Waals surface area contributed by atoms with Crippen molar-refractivity contribution in [3.05, 3.63) is 28.8 Å². The summed E-state index contributed by atoms with van der Waals surface area (Å²) in [6, 6.07) is 5.30. The second kappa shape index (κ2) is 5.27. The molecule has 4 heteroatoms. The third-order valence-electron chi connectivity index (χ3n) is 1.67. The Morgan fingerprint density at radius 1 is 1.57 bits per heavy atom. The first-order valence-corrected chi connectivity index (χ1v) is 5.80. The fraction of sp³-hybridized carbons (Fsp3) is 0.300. The molecule has 0 unspecified atom stereocenters. The molecule has 0 fully saturated rings. The highest BCUT2D eigenvalue weighted by Crippen LogP contribution is 2.23. The number of carbonyl (C=O) groups excluding carboxylic acids is 1. The van der Waals surface area contributed by atoms with Gasteiger partial charge in [0.15, 0.2) is 0 Å². The minimum Gasteiger partial charge on any atom is -0.462 e. The van der Waals surface area contributed by atoms with E-state index in [1.165, 1.54) is 0 Å². The lowest BCUT2D eigenvalue weighted by atomic mass is 10.2. The number of carbonyl (C=O) groups is 1. The third-order valence-corrected chi connectivity index (χ3v) is 2.71. The van der Waals surface area contributed by atoms with Crippen LogP contribution in [-0.2, 0) is 4.74 Å². The number of halogens is 1. The zero-order chi connectivity index (χ0) is 10.6. The molecule has 0 radical (unpaired) electrons. The lowest BCUT2D eigenvalue weighted by Gasteiger charge is -2.04. The van der Waals surface area contributed by atoms with Crippen molar-refractivity contribution < 1.29 is 9.53 Å². The summed E-state index contributed by atoms with van der Waals surface area (Å²) < 4.78 is 4.85. The Morgan fingerprint density at radius 3 is 2.79 bits per heavy atom. The maximum absolute atomic E-state index is 11.4. The van der Waals surface area contributed by atoms with Crippen molar-refractivity contribution in [1.82, 2.24) is 0 Å². The lowest BCUT2D eigenvalue weighted by Crippen LogP contribution is -2.05. The van der Waals surface area contributed by atoms with Gasteiger partial charge in [-0.25, -0.2) is 4.79 Å². The van der Waals surface area contributed by atoms with Crippen LogP contribution in [0.3, 0.4) is 0 Å². The predicted molar refractivity (Wildman–Crippen MR) is 59.2 cm³/mol. The van der Waals surface area contributed by atoms with Gasteiger partial charge in [-0.2, -0.15) is 0 Å². The zero-order valence-electron chi connectivity index (χ0n) is 8.04. The van der Waals surface area contributed by atoms with E-state index in [9.17, 15) is 4.79 Å². The van der Waals surface area contributed by atoms with Crippen molar-refractivity contribution in [3.63, 3.8) is 0 Å². The maximum atomic E-state index is 11.4. The molecule has 14 heavy (non-hydrogen) atoms. The summed E-state index contributed by atoms with van der Waals surface area (Å²) in [6.45, 7) is 2.13. The van der Waals surface area contributed by atoms with E-state index in [-0.39, 0.29) is 5.97 Å². The topological polar surface area (TPSA) is 26.3 Å². The number of benzene rings is 1. The molecule has 0 N–H and O–H groups in total. The number of rotatable bonds is 3. The van der Waals surface area contributed by atoms with Gasteiger partial charge in [-0.15, -0.1) is 11.8 Å². The molecular formula is C10H11ClO2S. The molecule has 0 amide bonds. The van der Waals surface area contributed by atoms with Crippen molar-refractivity contribution in [3.8, 4) is 0 Å². The van der Waals surface area contributed by atoms with E-state index in [0.29, 0.717) is 17.2 Å². The quantitative estimate of drug-likeness (QED) is 0.589. The van der Waals surface area contributed by atoms with E-state index < -0.39 is 0 Å². The predicted octanol–water partition coefficient (Wildman–Crippen LogP) is 3.24. The molecule has 0 aliphatic carbocycles. The summed E-state index contributed by atoms with van der Waals surface area (Å²) in [5.74, 6) is -0.370. The first-order valence-electron chi connectivity index (χ1n) is 4.19. The van der Waals surface area contributed by atoms with Gasteiger partial charge in [-0.05, 0) is 31.4 Å². The van der Waals surface area contributed by atoms with Crippen LogP contribution >= 0.6 is 23.4 Å². The Hall–Kier alpha value is -0.670. The number of esters is 1. The Morgan fingerprint density at radius 2 is 2.29 bits per heavy atom. The highest BCUT2D eigenvalue weighted by Gasteiger charge is 2.11. The fourth-order valence-electron chi connectivity index (χ4n) is 0.997. The minimum absolute atomic E-state index is 0.361. The van der Waals surface area contributed by atoms with E-state index in [1.54, 1.807) is 30.8 Å². The first kappa shape index (κ1) is 11.4. The summed E-state index contributed by atoms with van der Waals surface area (Å²) in [4.78, 5) is 12.4. The summed E-state index contributed by atoms with van der Waals surface area (Å²) in [7, 11) is 0. The van der Waals surface area contributed by atoms with Gasteiger partial charge >= 0.3 is 5.97 Å². The van der Waals surface area contributed by atoms with Crippen LogP contribution in [0.4, 0.5) is 0 Å². The molecule has 76 valence electrons. The Labute approximate surface area is 92.6 Å². The van der Waals surface area contributed by atoms with E-state index in [4.69, 9.17) is 16.3 Å². The molecular weight excluding hydrogens is 220 g/mol. The molecule has 2 nitrogen and oxygen atoms in total. The van der Waals surface area contributed by atoms with E-state index >= 15 is 0 Å². The van der Waals surface area contributed by atoms with Crippen molar-refractivity contribution >= 4 is 29.3 Å². The highest BCUT2D eigenvalue weighted by molar-refractivity contribution is 7.98. The smallest absolute Gasteiger partial charge is 0.339 e. The average molecular weight is 231 g/mol. The minimum atomic E-state index is -0.370. The number of hydrogen-bond acceptors (Lipinski definition) is 3. The summed E-state index contributed by atoms with van der Waals surface area (Å²) >= 11 is 7.50. The van der Waals surface area contributed by atoms with Crippen LogP contribution < -0.4 is 0 Å². The molecule has 1 rings (SSSR count). The van der Waals surface area contributed by atoms with Gasteiger partial charge in [0.25, 0.3) is 0 Å². The Bertz CT molecular complexity index is 339. The molecule has 0 heterocycles. The highest BCUT2D eigenvalue weighted by atomic mass is 35.5. The van der Waals surface area contributed by atoms with Gasteiger partial charge in [-0.1, -0.05) is 11.6 Å². The molecule has 0 aromatic heterocycles. The standard InChI is InChI=1S/C10H11ClO2S/c1-3-13-10(12)8-5-4-7(14-2)6-9(8)11/h4-6H,3H2,1-2H3. The van der Waals surface area contributed by atoms with Crippen molar-refractivity contribution in [2.45, 2.75) is 11.8 Å². The molecule has 0 bridgehead atoms. The van der Waals surface area contributed by atoms with Crippen LogP contribution in [0.15, 0.2) is 23.1 Å². The van der Waals surface area contributed by atoms with Gasteiger partial charge in [0.05, 0.1) is 17.2 Å². The lowest BCUT2D eigenvalue weighted by molar-refractivity contribution is 0.0526. The van der Waals surface area contributed by atoms with Crippen molar-refractivity contribution in [1.29, 1.82) is 0 Å². The molecule has 1 aromatic carbocycles. The van der Waals surface area contributed by atoms with Gasteiger partial charge in [0.1, 0.15) is 0 Å². The van der Waals surface area contributed by atoms with E-state index in [1.807, 2.05) is 12.3 Å². The second-order valence-electron chi connectivity index (χ2n) is 2.57. The van der Waals surface area contributed by atoms with Crippen LogP contribution in [0.1, 0.15) is 17.3 Å². The van der Waals surface area contributed by atoms with Gasteiger partial charge < -0.3 is 4.74 Å². The van der Waals surface area contributed by atoms with Crippen LogP contribution in [-0.4, -0.2) is 18.8 Å². The van der Waals surface area contributed by atoms with Crippen LogP contribution in [0.5, 0.6) is 0 Å². The monoisotopic (exact) mass is 230 g/mol. The number of thioether (sulfide) groups is 1. The van der Waals surface area contributed by atoms with Crippen LogP contribution in [0, 0.1) is 0 Å². The zero-order valence-corrected chi connectivity index (χ0v) is 9.61. The van der Waals surface area contributed by atoms with Gasteiger partial charge in [-0.3, -0.25) is 0 Å². The average Bonchev–Trinajstić information content (AvgIpc) is 2.17. The largest absolute Gasteiger partial charge is 0.462 e. The normalized spacial score (nSPS) is 9.93. The second-order valence-corrected chi connectivity index (χ2v) is 3.85. The summed E-state index contributed by atoms with van der Waals surface area (Å²) in [5.41, 5.74) is 0.423. The first-order chi connectivity index (χ1) is 6.69. The van der Waals surface area contributed by atoms with Crippen LogP contribution in [0.25, 0.3) is 0 Å². The Balaban J connectivity index is 2.94. The summed E-state index contributed by atoms with van der Waals surface area (Å²) in [5, 5.41) is 0.440. The van der Waals surface area contributed by atoms with E-state index in [0.717, 1.165) is 4.90 Å². The number of ether oxygens (including phenoxy) is 1. The third kappa shape index (κ3) is 2.66. The molecule has 0 saturated carbocycles. The molecule has 0 saturated heterocycles. The summed E-state index contributed by atoms with van der Waals surface area (Å²) in [6.07, 6.45) is 1.95. The van der Waals surface area contributed by atoms with Crippen molar-refractivity contribution in [2.75, 3.05) is 12.9 Å². The molecule has 0 spiro atoms. The maximum Gasteiger partial charge on any atom is 0.339 e. The van der Waals surface area contributed by atoms with Gasteiger partial charge in [0, 0.05) is 4.90 Å². The fourth-order valence-corrected chi connectivity index (χ4v) is 1.76.